The molecule has 5 nitrogen and oxygen atoms in total. The summed E-state index contributed by atoms with van der Waals surface area (Å²) in [7, 11) is 0. The molecule has 2 aromatic heterocycles. The van der Waals surface area contributed by atoms with Gasteiger partial charge in [-0.2, -0.15) is 0 Å². The van der Waals surface area contributed by atoms with Crippen LogP contribution in [-0.2, 0) is 4.79 Å². The van der Waals surface area contributed by atoms with Crippen LogP contribution in [0, 0.1) is 13.8 Å². The van der Waals surface area contributed by atoms with Gasteiger partial charge in [0.25, 0.3) is 5.22 Å². The molecule has 27 heavy (non-hydrogen) atoms. The number of thiazole rings is 1. The Hall–Kier alpha value is -2.64. The van der Waals surface area contributed by atoms with E-state index in [2.05, 4.69) is 41.3 Å². The molecular formula is C20H17N3O2S2. The highest BCUT2D eigenvalue weighted by molar-refractivity contribution is 7.99. The summed E-state index contributed by atoms with van der Waals surface area (Å²) in [5.41, 5.74) is 5.90. The minimum absolute atomic E-state index is 0.136. The number of nitrogens with zero attached hydrogens (tertiary/aromatic N) is 2. The van der Waals surface area contributed by atoms with Crippen LogP contribution in [0.2, 0.25) is 0 Å². The average Bonchev–Trinajstić information content (AvgIpc) is 3.28. The first-order valence-corrected chi connectivity index (χ1v) is 10.3. The number of aromatic nitrogens is 2. The number of rotatable bonds is 5. The van der Waals surface area contributed by atoms with Gasteiger partial charge in [-0.3, -0.25) is 4.79 Å². The van der Waals surface area contributed by atoms with E-state index < -0.39 is 0 Å². The quantitative estimate of drug-likeness (QED) is 0.465. The number of amides is 1. The van der Waals surface area contributed by atoms with Gasteiger partial charge in [-0.1, -0.05) is 36.0 Å². The van der Waals surface area contributed by atoms with E-state index in [1.165, 1.54) is 34.2 Å². The van der Waals surface area contributed by atoms with Crippen molar-refractivity contribution in [3.8, 4) is 11.3 Å². The van der Waals surface area contributed by atoms with E-state index in [9.17, 15) is 4.79 Å². The first-order chi connectivity index (χ1) is 13.1. The Labute approximate surface area is 164 Å². The highest BCUT2D eigenvalue weighted by Crippen LogP contribution is 2.27. The van der Waals surface area contributed by atoms with Crippen molar-refractivity contribution in [2.45, 2.75) is 19.1 Å². The van der Waals surface area contributed by atoms with E-state index >= 15 is 0 Å². The first kappa shape index (κ1) is 17.8. The number of hydrogen-bond donors (Lipinski definition) is 1. The van der Waals surface area contributed by atoms with Crippen molar-refractivity contribution < 1.29 is 9.21 Å². The number of nitrogens with one attached hydrogen (secondary N) is 1. The summed E-state index contributed by atoms with van der Waals surface area (Å²) in [5.74, 6) is 0.0778. The van der Waals surface area contributed by atoms with Crippen molar-refractivity contribution >= 4 is 45.2 Å². The van der Waals surface area contributed by atoms with Crippen LogP contribution in [0.3, 0.4) is 0 Å². The molecule has 0 aliphatic heterocycles. The normalized spacial score (nSPS) is 11.0. The Balaban J connectivity index is 1.38. The monoisotopic (exact) mass is 395 g/mol. The molecule has 4 rings (SSSR count). The maximum atomic E-state index is 12.2. The average molecular weight is 396 g/mol. The van der Waals surface area contributed by atoms with Gasteiger partial charge < -0.3 is 9.73 Å². The topological polar surface area (TPSA) is 68.0 Å². The molecule has 2 heterocycles. The van der Waals surface area contributed by atoms with E-state index in [4.69, 9.17) is 4.42 Å². The van der Waals surface area contributed by atoms with Crippen molar-refractivity contribution in [1.29, 1.82) is 0 Å². The smallest absolute Gasteiger partial charge is 0.257 e. The van der Waals surface area contributed by atoms with Gasteiger partial charge in [-0.15, -0.1) is 11.3 Å². The van der Waals surface area contributed by atoms with Gasteiger partial charge in [0.05, 0.1) is 11.4 Å². The predicted octanol–water partition coefficient (Wildman–Crippen LogP) is 5.30. The van der Waals surface area contributed by atoms with Crippen LogP contribution in [0.5, 0.6) is 0 Å². The largest absolute Gasteiger partial charge is 0.431 e. The molecule has 0 fully saturated rings. The number of thioether (sulfide) groups is 1. The number of aryl methyl sites for hydroxylation is 2. The van der Waals surface area contributed by atoms with Gasteiger partial charge in [0.1, 0.15) is 5.52 Å². The number of para-hydroxylation sites is 2. The third kappa shape index (κ3) is 4.04. The molecule has 0 saturated carbocycles. The number of hydrogen-bond acceptors (Lipinski definition) is 6. The fourth-order valence-electron chi connectivity index (χ4n) is 2.56. The molecule has 4 aromatic rings. The van der Waals surface area contributed by atoms with E-state index in [1.807, 2.05) is 35.7 Å². The van der Waals surface area contributed by atoms with Gasteiger partial charge in [-0.25, -0.2) is 9.97 Å². The van der Waals surface area contributed by atoms with Gasteiger partial charge in [-0.05, 0) is 43.2 Å². The molecule has 0 aliphatic carbocycles. The summed E-state index contributed by atoms with van der Waals surface area (Å²) in [4.78, 5) is 21.1. The molecule has 0 atom stereocenters. The molecule has 0 spiro atoms. The Morgan fingerprint density at radius 2 is 2.00 bits per heavy atom. The standard InChI is InChI=1S/C20H17N3O2S2/c1-12-7-8-14(9-13(12)2)16-10-26-19(21-16)23-18(24)11-27-20-22-15-5-3-4-6-17(15)25-20/h3-10H,11H2,1-2H3,(H,21,23,24). The molecule has 7 heteroatoms. The number of anilines is 1. The molecule has 0 aliphatic rings. The summed E-state index contributed by atoms with van der Waals surface area (Å²) in [6.07, 6.45) is 0. The zero-order valence-corrected chi connectivity index (χ0v) is 16.5. The van der Waals surface area contributed by atoms with Crippen molar-refractivity contribution in [1.82, 2.24) is 9.97 Å². The third-order valence-corrected chi connectivity index (χ3v) is 5.74. The van der Waals surface area contributed by atoms with E-state index in [0.29, 0.717) is 10.4 Å². The summed E-state index contributed by atoms with van der Waals surface area (Å²) in [6, 6.07) is 13.8. The van der Waals surface area contributed by atoms with Gasteiger partial charge >= 0.3 is 0 Å². The maximum absolute atomic E-state index is 12.2. The minimum Gasteiger partial charge on any atom is -0.431 e. The number of carbonyl (C=O) groups is 1. The molecule has 1 amide bonds. The highest BCUT2D eigenvalue weighted by atomic mass is 32.2. The number of carbonyl (C=O) groups excluding carboxylic acids is 1. The van der Waals surface area contributed by atoms with Crippen molar-refractivity contribution in [2.24, 2.45) is 0 Å². The molecule has 0 bridgehead atoms. The van der Waals surface area contributed by atoms with E-state index in [0.717, 1.165) is 22.4 Å². The van der Waals surface area contributed by atoms with E-state index in [1.54, 1.807) is 0 Å². The van der Waals surface area contributed by atoms with Crippen LogP contribution in [-0.4, -0.2) is 21.6 Å². The Bertz CT molecular complexity index is 1080. The molecule has 1 N–H and O–H groups in total. The number of oxazole rings is 1. The summed E-state index contributed by atoms with van der Waals surface area (Å²) < 4.78 is 5.61. The summed E-state index contributed by atoms with van der Waals surface area (Å²) >= 11 is 2.68. The van der Waals surface area contributed by atoms with Crippen LogP contribution in [0.1, 0.15) is 11.1 Å². The fourth-order valence-corrected chi connectivity index (χ4v) is 3.93. The molecule has 136 valence electrons. The molecule has 0 radical (unpaired) electrons. The molecule has 0 saturated heterocycles. The summed E-state index contributed by atoms with van der Waals surface area (Å²) in [5, 5.41) is 5.87. The Morgan fingerprint density at radius 1 is 1.15 bits per heavy atom. The lowest BCUT2D eigenvalue weighted by molar-refractivity contribution is -0.113. The fraction of sp³-hybridized carbons (Fsp3) is 0.150. The van der Waals surface area contributed by atoms with E-state index in [-0.39, 0.29) is 11.7 Å². The highest BCUT2D eigenvalue weighted by Gasteiger charge is 2.12. The minimum atomic E-state index is -0.136. The second kappa shape index (κ2) is 7.54. The lowest BCUT2D eigenvalue weighted by Gasteiger charge is -2.02. The van der Waals surface area contributed by atoms with Gasteiger partial charge in [0.15, 0.2) is 10.7 Å². The number of benzene rings is 2. The predicted molar refractivity (Wildman–Crippen MR) is 110 cm³/mol. The number of fused-ring (bicyclic) bond motifs is 1. The Kier molecular flexibility index (Phi) is 4.96. The second-order valence-electron chi connectivity index (χ2n) is 6.12. The van der Waals surface area contributed by atoms with Crippen LogP contribution >= 0.6 is 23.1 Å². The summed E-state index contributed by atoms with van der Waals surface area (Å²) in [6.45, 7) is 4.16. The van der Waals surface area contributed by atoms with Crippen molar-refractivity contribution in [3.05, 3.63) is 59.0 Å². The maximum Gasteiger partial charge on any atom is 0.257 e. The lowest BCUT2D eigenvalue weighted by Crippen LogP contribution is -2.13. The molecular weight excluding hydrogens is 378 g/mol. The van der Waals surface area contributed by atoms with Crippen molar-refractivity contribution in [3.63, 3.8) is 0 Å². The zero-order valence-electron chi connectivity index (χ0n) is 14.9. The van der Waals surface area contributed by atoms with Crippen LogP contribution in [0.15, 0.2) is 57.5 Å². The third-order valence-electron chi connectivity index (χ3n) is 4.15. The van der Waals surface area contributed by atoms with Crippen LogP contribution in [0.25, 0.3) is 22.4 Å². The van der Waals surface area contributed by atoms with Gasteiger partial charge in [0, 0.05) is 10.9 Å². The second-order valence-corrected chi connectivity index (χ2v) is 7.91. The van der Waals surface area contributed by atoms with Crippen LogP contribution < -0.4 is 5.32 Å². The zero-order chi connectivity index (χ0) is 18.8. The Morgan fingerprint density at radius 3 is 2.81 bits per heavy atom. The van der Waals surface area contributed by atoms with Gasteiger partial charge in [0.2, 0.25) is 5.91 Å². The molecule has 2 aromatic carbocycles. The van der Waals surface area contributed by atoms with Crippen molar-refractivity contribution in [2.75, 3.05) is 11.1 Å². The molecule has 0 unspecified atom stereocenters. The first-order valence-electron chi connectivity index (χ1n) is 8.40. The van der Waals surface area contributed by atoms with Crippen LogP contribution in [0.4, 0.5) is 5.13 Å². The SMILES string of the molecule is Cc1ccc(-c2csc(NC(=O)CSc3nc4ccccc4o3)n2)cc1C. The lowest BCUT2D eigenvalue weighted by atomic mass is 10.1.